The summed E-state index contributed by atoms with van der Waals surface area (Å²) < 4.78 is 1.60. The first-order valence-electron chi connectivity index (χ1n) is 9.39. The normalized spacial score (nSPS) is 10.9. The summed E-state index contributed by atoms with van der Waals surface area (Å²) in [5, 5.41) is 8.95. The predicted octanol–water partition coefficient (Wildman–Crippen LogP) is 6.76. The fourth-order valence-corrected chi connectivity index (χ4v) is 3.64. The molecule has 1 amide bonds. The van der Waals surface area contributed by atoms with E-state index in [-0.39, 0.29) is 5.82 Å². The molecule has 0 saturated heterocycles. The van der Waals surface area contributed by atoms with E-state index in [0.29, 0.717) is 32.3 Å². The van der Waals surface area contributed by atoms with Crippen LogP contribution < -0.4 is 5.32 Å². The minimum atomic E-state index is -0.452. The molecule has 5 nitrogen and oxygen atoms in total. The van der Waals surface area contributed by atoms with Gasteiger partial charge in [0, 0.05) is 26.3 Å². The summed E-state index contributed by atoms with van der Waals surface area (Å²) in [6, 6.07) is 18.0. The quantitative estimate of drug-likeness (QED) is 0.357. The standard InChI is InChI=1S/C23H17Cl3N4O/c1-13-6-8-17(25)11-19(13)27-23(31)21-28-22(15-4-3-5-16(24)10-15)30(29-21)20-12-18(26)9-7-14(20)2/h3-12H,1-2H3,(H,27,31). The number of hydrogen-bond donors (Lipinski definition) is 1. The van der Waals surface area contributed by atoms with Gasteiger partial charge in [0.05, 0.1) is 5.69 Å². The molecule has 0 saturated carbocycles. The number of carbonyl (C=O) groups is 1. The fourth-order valence-electron chi connectivity index (χ4n) is 3.11. The van der Waals surface area contributed by atoms with E-state index in [1.165, 1.54) is 0 Å². The highest BCUT2D eigenvalue weighted by Gasteiger charge is 2.21. The van der Waals surface area contributed by atoms with Crippen molar-refractivity contribution in [2.75, 3.05) is 5.32 Å². The second-order valence-corrected chi connectivity index (χ2v) is 8.33. The van der Waals surface area contributed by atoms with Crippen LogP contribution in [0.4, 0.5) is 5.69 Å². The molecule has 3 aromatic carbocycles. The van der Waals surface area contributed by atoms with Crippen molar-refractivity contribution in [3.63, 3.8) is 0 Å². The number of nitrogens with one attached hydrogen (secondary N) is 1. The maximum atomic E-state index is 13.0. The summed E-state index contributed by atoms with van der Waals surface area (Å²) in [4.78, 5) is 17.5. The summed E-state index contributed by atoms with van der Waals surface area (Å²) in [5.74, 6) is 0.0293. The number of nitrogens with zero attached hydrogens (tertiary/aromatic N) is 3. The lowest BCUT2D eigenvalue weighted by atomic mass is 10.1. The molecule has 156 valence electrons. The van der Waals surface area contributed by atoms with Crippen LogP contribution in [0.15, 0.2) is 60.7 Å². The highest BCUT2D eigenvalue weighted by molar-refractivity contribution is 6.31. The minimum absolute atomic E-state index is 0.00808. The van der Waals surface area contributed by atoms with Gasteiger partial charge in [-0.05, 0) is 61.4 Å². The molecule has 0 aliphatic heterocycles. The number of halogens is 3. The van der Waals surface area contributed by atoms with Crippen molar-refractivity contribution in [1.29, 1.82) is 0 Å². The van der Waals surface area contributed by atoms with Gasteiger partial charge in [-0.2, -0.15) is 0 Å². The zero-order valence-electron chi connectivity index (χ0n) is 16.7. The molecule has 0 aliphatic carbocycles. The monoisotopic (exact) mass is 470 g/mol. The third-order valence-electron chi connectivity index (χ3n) is 4.74. The van der Waals surface area contributed by atoms with Crippen molar-refractivity contribution in [3.8, 4) is 17.1 Å². The average molecular weight is 472 g/mol. The van der Waals surface area contributed by atoms with Crippen LogP contribution in [0, 0.1) is 13.8 Å². The van der Waals surface area contributed by atoms with Gasteiger partial charge < -0.3 is 5.32 Å². The maximum absolute atomic E-state index is 13.0. The van der Waals surface area contributed by atoms with Crippen molar-refractivity contribution in [2.24, 2.45) is 0 Å². The molecular weight excluding hydrogens is 455 g/mol. The van der Waals surface area contributed by atoms with E-state index in [2.05, 4.69) is 15.4 Å². The van der Waals surface area contributed by atoms with Crippen molar-refractivity contribution < 1.29 is 4.79 Å². The summed E-state index contributed by atoms with van der Waals surface area (Å²) >= 11 is 18.5. The van der Waals surface area contributed by atoms with Gasteiger partial charge in [-0.3, -0.25) is 4.79 Å². The minimum Gasteiger partial charge on any atom is -0.319 e. The van der Waals surface area contributed by atoms with Crippen LogP contribution in [0.5, 0.6) is 0 Å². The smallest absolute Gasteiger partial charge is 0.295 e. The topological polar surface area (TPSA) is 59.8 Å². The van der Waals surface area contributed by atoms with Crippen LogP contribution >= 0.6 is 34.8 Å². The number of anilines is 1. The largest absolute Gasteiger partial charge is 0.319 e. The number of aromatic nitrogens is 3. The molecule has 4 rings (SSSR count). The molecule has 1 N–H and O–H groups in total. The van der Waals surface area contributed by atoms with Gasteiger partial charge in [0.25, 0.3) is 5.91 Å². The molecule has 4 aromatic rings. The molecule has 8 heteroatoms. The lowest BCUT2D eigenvalue weighted by molar-refractivity contribution is 0.101. The van der Waals surface area contributed by atoms with Crippen molar-refractivity contribution >= 4 is 46.4 Å². The van der Waals surface area contributed by atoms with E-state index >= 15 is 0 Å². The van der Waals surface area contributed by atoms with E-state index in [9.17, 15) is 4.79 Å². The molecule has 0 fully saturated rings. The van der Waals surface area contributed by atoms with Crippen LogP contribution in [0.2, 0.25) is 15.1 Å². The zero-order valence-corrected chi connectivity index (χ0v) is 18.9. The van der Waals surface area contributed by atoms with Gasteiger partial charge in [0.1, 0.15) is 0 Å². The van der Waals surface area contributed by atoms with E-state index in [1.807, 2.05) is 38.1 Å². The van der Waals surface area contributed by atoms with Crippen molar-refractivity contribution in [2.45, 2.75) is 13.8 Å². The lowest BCUT2D eigenvalue weighted by Crippen LogP contribution is -2.15. The molecule has 0 unspecified atom stereocenters. The Balaban J connectivity index is 1.82. The van der Waals surface area contributed by atoms with E-state index in [0.717, 1.165) is 16.7 Å². The number of aryl methyl sites for hydroxylation is 2. The SMILES string of the molecule is Cc1ccc(Cl)cc1NC(=O)c1nc(-c2cccc(Cl)c2)n(-c2cc(Cl)ccc2C)n1. The van der Waals surface area contributed by atoms with Gasteiger partial charge in [-0.1, -0.05) is 59.1 Å². The first kappa shape index (κ1) is 21.4. The molecule has 1 heterocycles. The number of amides is 1. The summed E-state index contributed by atoms with van der Waals surface area (Å²) in [7, 11) is 0. The Morgan fingerprint density at radius 2 is 1.55 bits per heavy atom. The molecular formula is C23H17Cl3N4O. The van der Waals surface area contributed by atoms with Crippen LogP contribution in [0.3, 0.4) is 0 Å². The third-order valence-corrected chi connectivity index (χ3v) is 5.45. The second kappa shape index (κ2) is 8.71. The molecule has 0 spiro atoms. The Hall–Kier alpha value is -2.86. The maximum Gasteiger partial charge on any atom is 0.295 e. The first-order chi connectivity index (χ1) is 14.8. The zero-order chi connectivity index (χ0) is 22.1. The fraction of sp³-hybridized carbons (Fsp3) is 0.0870. The summed E-state index contributed by atoms with van der Waals surface area (Å²) in [6.07, 6.45) is 0. The first-order valence-corrected chi connectivity index (χ1v) is 10.5. The van der Waals surface area contributed by atoms with Crippen LogP contribution in [-0.2, 0) is 0 Å². The highest BCUT2D eigenvalue weighted by atomic mass is 35.5. The van der Waals surface area contributed by atoms with Gasteiger partial charge in [-0.15, -0.1) is 5.10 Å². The van der Waals surface area contributed by atoms with Gasteiger partial charge >= 0.3 is 0 Å². The lowest BCUT2D eigenvalue weighted by Gasteiger charge is -2.09. The van der Waals surface area contributed by atoms with Gasteiger partial charge in [0.2, 0.25) is 5.82 Å². The Morgan fingerprint density at radius 3 is 2.29 bits per heavy atom. The summed E-state index contributed by atoms with van der Waals surface area (Å²) in [6.45, 7) is 3.81. The Kier molecular flexibility index (Phi) is 6.01. The number of carbonyl (C=O) groups excluding carboxylic acids is 1. The third kappa shape index (κ3) is 4.59. The van der Waals surface area contributed by atoms with Gasteiger partial charge in [0.15, 0.2) is 5.82 Å². The molecule has 0 radical (unpaired) electrons. The van der Waals surface area contributed by atoms with E-state index in [1.54, 1.807) is 41.1 Å². The molecule has 0 atom stereocenters. The molecule has 31 heavy (non-hydrogen) atoms. The van der Waals surface area contributed by atoms with E-state index < -0.39 is 5.91 Å². The molecule has 0 bridgehead atoms. The Bertz CT molecular complexity index is 1300. The van der Waals surface area contributed by atoms with Crippen LogP contribution in [0.1, 0.15) is 21.7 Å². The molecule has 1 aromatic heterocycles. The second-order valence-electron chi connectivity index (χ2n) is 7.03. The Morgan fingerprint density at radius 1 is 0.871 bits per heavy atom. The van der Waals surface area contributed by atoms with E-state index in [4.69, 9.17) is 34.8 Å². The predicted molar refractivity (Wildman–Crippen MR) is 126 cm³/mol. The highest BCUT2D eigenvalue weighted by Crippen LogP contribution is 2.27. The number of rotatable bonds is 4. The molecule has 0 aliphatic rings. The number of hydrogen-bond acceptors (Lipinski definition) is 3. The van der Waals surface area contributed by atoms with Crippen LogP contribution in [-0.4, -0.2) is 20.7 Å². The summed E-state index contributed by atoms with van der Waals surface area (Å²) in [5.41, 5.74) is 3.83. The number of benzene rings is 3. The van der Waals surface area contributed by atoms with Crippen LogP contribution in [0.25, 0.3) is 17.1 Å². The van der Waals surface area contributed by atoms with Gasteiger partial charge in [-0.25, -0.2) is 9.67 Å². The average Bonchev–Trinajstić information content (AvgIpc) is 3.18. The van der Waals surface area contributed by atoms with Crippen molar-refractivity contribution in [1.82, 2.24) is 14.8 Å². The Labute approximate surface area is 194 Å². The van der Waals surface area contributed by atoms with Crippen molar-refractivity contribution in [3.05, 3.63) is 92.7 Å².